The first kappa shape index (κ1) is 22.5. The number of hydrogen-bond donors (Lipinski definition) is 0. The topological polar surface area (TPSA) is 56.3 Å². The van der Waals surface area contributed by atoms with Crippen LogP contribution in [-0.4, -0.2) is 0 Å². The van der Waals surface area contributed by atoms with Crippen LogP contribution < -0.4 is 0 Å². The molecule has 4 nitrogen and oxygen atoms in total. The molecule has 2 aliphatic rings. The fraction of sp³-hybridized carbons (Fsp3) is 0. The monoisotopic (exact) mass is 480 g/mol. The summed E-state index contributed by atoms with van der Waals surface area (Å²) in [5.41, 5.74) is 9.67. The van der Waals surface area contributed by atoms with Crippen molar-refractivity contribution in [2.24, 2.45) is 0 Å². The fourth-order valence-corrected chi connectivity index (χ4v) is 5.38. The first-order chi connectivity index (χ1) is 18.7. The van der Waals surface area contributed by atoms with Gasteiger partial charge in [0.05, 0.1) is 25.3 Å². The molecular weight excluding hydrogens is 464 g/mol. The number of nitriles is 2. The molecule has 0 spiro atoms. The number of nitrogens with zero attached hydrogens (tertiary/aromatic N) is 4. The molecule has 0 saturated heterocycles. The van der Waals surface area contributed by atoms with Crippen LogP contribution in [0, 0.1) is 35.8 Å². The van der Waals surface area contributed by atoms with E-state index in [-0.39, 0.29) is 11.4 Å². The highest BCUT2D eigenvalue weighted by Gasteiger charge is 2.39. The molecular formula is C34H16N4. The van der Waals surface area contributed by atoms with Crippen molar-refractivity contribution in [2.45, 2.75) is 0 Å². The van der Waals surface area contributed by atoms with Gasteiger partial charge in [-0.25, -0.2) is 20.2 Å². The van der Waals surface area contributed by atoms with Crippen LogP contribution in [0.4, 0.5) is 0 Å². The van der Waals surface area contributed by atoms with Gasteiger partial charge in [-0.3, -0.25) is 0 Å². The van der Waals surface area contributed by atoms with Gasteiger partial charge in [0, 0.05) is 11.1 Å². The van der Waals surface area contributed by atoms with E-state index in [0.29, 0.717) is 11.1 Å². The van der Waals surface area contributed by atoms with E-state index in [1.165, 1.54) is 0 Å². The minimum atomic E-state index is -0.0119. The maximum absolute atomic E-state index is 9.97. The average Bonchev–Trinajstić information content (AvgIpc) is 3.48. The molecule has 2 aliphatic carbocycles. The molecule has 6 rings (SSSR count). The second-order valence-corrected chi connectivity index (χ2v) is 8.90. The molecule has 38 heavy (non-hydrogen) atoms. The van der Waals surface area contributed by atoms with Crippen molar-refractivity contribution >= 4 is 22.3 Å². The molecule has 0 radical (unpaired) electrons. The molecule has 0 saturated carbocycles. The highest BCUT2D eigenvalue weighted by Crippen LogP contribution is 2.60. The van der Waals surface area contributed by atoms with E-state index in [1.54, 1.807) is 0 Å². The van der Waals surface area contributed by atoms with Gasteiger partial charge in [-0.05, 0) is 67.8 Å². The zero-order chi connectivity index (χ0) is 26.2. The normalized spacial score (nSPS) is 15.3. The molecule has 0 heterocycles. The van der Waals surface area contributed by atoms with Crippen LogP contribution in [0.5, 0.6) is 0 Å². The average molecular weight is 481 g/mol. The molecule has 0 amide bonds. The summed E-state index contributed by atoms with van der Waals surface area (Å²) in [7, 11) is 0. The molecule has 0 atom stereocenters. The van der Waals surface area contributed by atoms with E-state index in [9.17, 15) is 10.5 Å². The largest absolute Gasteiger partial charge is 0.270 e. The van der Waals surface area contributed by atoms with Crippen molar-refractivity contribution in [1.29, 1.82) is 10.5 Å². The van der Waals surface area contributed by atoms with Crippen molar-refractivity contribution in [2.75, 3.05) is 0 Å². The van der Waals surface area contributed by atoms with E-state index < -0.39 is 0 Å². The number of rotatable bonds is 2. The van der Waals surface area contributed by atoms with E-state index in [0.717, 1.165) is 55.7 Å². The number of benzene rings is 4. The number of hydrogen-bond acceptors (Lipinski definition) is 2. The highest BCUT2D eigenvalue weighted by atomic mass is 14.7. The van der Waals surface area contributed by atoms with Crippen LogP contribution in [0.1, 0.15) is 22.3 Å². The lowest BCUT2D eigenvalue weighted by atomic mass is 9.88. The summed E-state index contributed by atoms with van der Waals surface area (Å²) in [6, 6.07) is 36.0. The van der Waals surface area contributed by atoms with E-state index in [4.69, 9.17) is 13.1 Å². The van der Waals surface area contributed by atoms with Gasteiger partial charge in [0.15, 0.2) is 0 Å². The lowest BCUT2D eigenvalue weighted by Gasteiger charge is -2.15. The standard InChI is InChI=1S/C34H16N4/c1-37-29(19-35)31-27-17-23(21-9-5-3-6-10-21)13-15-25(27)34-32(30(20-36)38-2)28-18-24(14-16-26(28)33(31)34)22-11-7-4-8-12-22/h3-18H/b31-29-,32-30+. The first-order valence-corrected chi connectivity index (χ1v) is 11.9. The van der Waals surface area contributed by atoms with Crippen LogP contribution in [0.2, 0.25) is 0 Å². The molecule has 0 aliphatic heterocycles. The van der Waals surface area contributed by atoms with Crippen LogP contribution in [0.15, 0.2) is 108 Å². The quantitative estimate of drug-likeness (QED) is 0.214. The second kappa shape index (κ2) is 8.93. The van der Waals surface area contributed by atoms with Crippen molar-refractivity contribution in [3.05, 3.63) is 154 Å². The lowest BCUT2D eigenvalue weighted by Crippen LogP contribution is -1.96. The van der Waals surface area contributed by atoms with Crippen LogP contribution in [0.3, 0.4) is 0 Å². The second-order valence-electron chi connectivity index (χ2n) is 8.90. The van der Waals surface area contributed by atoms with Gasteiger partial charge in [-0.2, -0.15) is 0 Å². The first-order valence-electron chi connectivity index (χ1n) is 11.9. The summed E-state index contributed by atoms with van der Waals surface area (Å²) in [5.74, 6) is 0. The van der Waals surface area contributed by atoms with Crippen LogP contribution >= 0.6 is 0 Å². The van der Waals surface area contributed by atoms with Gasteiger partial charge < -0.3 is 0 Å². The summed E-state index contributed by atoms with van der Waals surface area (Å²) >= 11 is 0. The molecule has 0 aromatic heterocycles. The molecule has 0 N–H and O–H groups in total. The highest BCUT2D eigenvalue weighted by molar-refractivity contribution is 6.37. The SMILES string of the molecule is [C-]#[N+]/C(C#N)=C1C2=C(/C(=C(\C#N)[N+]#[C-])c3cc(-c4ccccc4)ccc32)c2ccc(-c3ccccc3)cc2\1. The van der Waals surface area contributed by atoms with Crippen molar-refractivity contribution in [3.8, 4) is 34.4 Å². The van der Waals surface area contributed by atoms with Gasteiger partial charge in [-0.15, -0.1) is 0 Å². The smallest absolute Gasteiger partial charge is 0.226 e. The Hall–Kier alpha value is -5.94. The fourth-order valence-electron chi connectivity index (χ4n) is 5.38. The predicted octanol–water partition coefficient (Wildman–Crippen LogP) is 8.27. The summed E-state index contributed by atoms with van der Waals surface area (Å²) in [6.07, 6.45) is 0. The van der Waals surface area contributed by atoms with Gasteiger partial charge in [-0.1, -0.05) is 84.9 Å². The van der Waals surface area contributed by atoms with Gasteiger partial charge in [0.2, 0.25) is 0 Å². The molecule has 0 unspecified atom stereocenters. The Morgan fingerprint density at radius 1 is 0.500 bits per heavy atom. The van der Waals surface area contributed by atoms with Gasteiger partial charge >= 0.3 is 0 Å². The van der Waals surface area contributed by atoms with E-state index in [1.807, 2.05) is 97.1 Å². The summed E-state index contributed by atoms with van der Waals surface area (Å²) in [4.78, 5) is 7.18. The molecule has 172 valence electrons. The van der Waals surface area contributed by atoms with Crippen molar-refractivity contribution < 1.29 is 0 Å². The minimum Gasteiger partial charge on any atom is -0.226 e. The van der Waals surface area contributed by atoms with Gasteiger partial charge in [0.25, 0.3) is 11.4 Å². The Bertz CT molecular complexity index is 1750. The Labute approximate surface area is 220 Å². The summed E-state index contributed by atoms with van der Waals surface area (Å²) < 4.78 is 0. The van der Waals surface area contributed by atoms with Crippen molar-refractivity contribution in [1.82, 2.24) is 0 Å². The predicted molar refractivity (Wildman–Crippen MR) is 149 cm³/mol. The zero-order valence-corrected chi connectivity index (χ0v) is 20.0. The molecule has 4 heteroatoms. The Kier molecular flexibility index (Phi) is 5.29. The Morgan fingerprint density at radius 3 is 1.24 bits per heavy atom. The van der Waals surface area contributed by atoms with Crippen molar-refractivity contribution in [3.63, 3.8) is 0 Å². The third kappa shape index (κ3) is 3.27. The van der Waals surface area contributed by atoms with Gasteiger partial charge in [0.1, 0.15) is 0 Å². The van der Waals surface area contributed by atoms with Crippen LogP contribution in [0.25, 0.3) is 54.2 Å². The Balaban J connectivity index is 1.67. The summed E-state index contributed by atoms with van der Waals surface area (Å²) in [6.45, 7) is 15.6. The van der Waals surface area contributed by atoms with Crippen LogP contribution in [-0.2, 0) is 0 Å². The molecule has 0 fully saturated rings. The Morgan fingerprint density at radius 2 is 0.895 bits per heavy atom. The third-order valence-corrected chi connectivity index (χ3v) is 6.99. The zero-order valence-electron chi connectivity index (χ0n) is 20.0. The molecule has 4 aromatic rings. The minimum absolute atomic E-state index is 0.0119. The summed E-state index contributed by atoms with van der Waals surface area (Å²) in [5, 5.41) is 19.9. The maximum Gasteiger partial charge on any atom is 0.270 e. The van der Waals surface area contributed by atoms with E-state index in [2.05, 4.69) is 21.8 Å². The number of fused-ring (bicyclic) bond motifs is 4. The number of allylic oxidation sites excluding steroid dienone is 6. The maximum atomic E-state index is 9.97. The third-order valence-electron chi connectivity index (χ3n) is 6.99. The lowest BCUT2D eigenvalue weighted by molar-refractivity contribution is 1.47. The molecule has 4 aromatic carbocycles. The van der Waals surface area contributed by atoms with E-state index >= 15 is 0 Å². The molecule has 0 bridgehead atoms.